The summed E-state index contributed by atoms with van der Waals surface area (Å²) in [4.78, 5) is 25.8. The third-order valence-corrected chi connectivity index (χ3v) is 2.90. The summed E-state index contributed by atoms with van der Waals surface area (Å²) in [6.45, 7) is 2.67. The van der Waals surface area contributed by atoms with E-state index >= 15 is 0 Å². The molecular weight excluding hydrogens is 242 g/mol. The second-order valence-electron chi connectivity index (χ2n) is 4.22. The van der Waals surface area contributed by atoms with Crippen molar-refractivity contribution in [2.75, 3.05) is 13.1 Å². The maximum atomic E-state index is 11.4. The van der Waals surface area contributed by atoms with Gasteiger partial charge in [0.2, 0.25) is 0 Å². The van der Waals surface area contributed by atoms with E-state index in [2.05, 4.69) is 15.6 Å². The summed E-state index contributed by atoms with van der Waals surface area (Å²) in [7, 11) is 0. The molecule has 2 aromatic rings. The Morgan fingerprint density at radius 2 is 1.89 bits per heavy atom. The number of aromatic amines is 1. The Kier molecular flexibility index (Phi) is 4.18. The first-order chi connectivity index (χ1) is 9.22. The number of hydrogen-bond donors (Lipinski definition) is 3. The smallest absolute Gasteiger partial charge is 0.309 e. The molecule has 0 radical (unpaired) electrons. The molecule has 5 heteroatoms. The van der Waals surface area contributed by atoms with Gasteiger partial charge in [-0.05, 0) is 25.0 Å². The van der Waals surface area contributed by atoms with Crippen molar-refractivity contribution in [2.45, 2.75) is 13.3 Å². The summed E-state index contributed by atoms with van der Waals surface area (Å²) >= 11 is 0. The van der Waals surface area contributed by atoms with Crippen LogP contribution in [0.5, 0.6) is 0 Å². The Morgan fingerprint density at radius 3 is 2.68 bits per heavy atom. The number of hydrogen-bond acceptors (Lipinski definition) is 2. The molecule has 0 bridgehead atoms. The molecule has 0 saturated heterocycles. The molecule has 5 nitrogen and oxygen atoms in total. The van der Waals surface area contributed by atoms with E-state index < -0.39 is 11.8 Å². The van der Waals surface area contributed by atoms with Crippen molar-refractivity contribution in [1.82, 2.24) is 15.6 Å². The van der Waals surface area contributed by atoms with Crippen molar-refractivity contribution in [3.63, 3.8) is 0 Å². The Morgan fingerprint density at radius 1 is 1.16 bits per heavy atom. The first kappa shape index (κ1) is 13.1. The number of carbonyl (C=O) groups excluding carboxylic acids is 2. The van der Waals surface area contributed by atoms with Crippen molar-refractivity contribution in [3.8, 4) is 0 Å². The van der Waals surface area contributed by atoms with E-state index in [0.29, 0.717) is 19.5 Å². The fourth-order valence-electron chi connectivity index (χ4n) is 1.97. The van der Waals surface area contributed by atoms with Crippen LogP contribution >= 0.6 is 0 Å². The standard InChI is InChI=1S/C14H17N3O2/c1-2-15-13(18)14(19)16-8-7-10-9-17-12-6-4-3-5-11(10)12/h3-6,9,17H,2,7-8H2,1H3,(H,15,18)(H,16,19). The molecule has 1 aromatic heterocycles. The van der Waals surface area contributed by atoms with E-state index in [9.17, 15) is 9.59 Å². The monoisotopic (exact) mass is 259 g/mol. The van der Waals surface area contributed by atoms with E-state index in [4.69, 9.17) is 0 Å². The highest BCUT2D eigenvalue weighted by Gasteiger charge is 2.11. The van der Waals surface area contributed by atoms with Crippen molar-refractivity contribution >= 4 is 22.7 Å². The summed E-state index contributed by atoms with van der Waals surface area (Å²) in [5, 5.41) is 6.21. The fraction of sp³-hybridized carbons (Fsp3) is 0.286. The van der Waals surface area contributed by atoms with Crippen LogP contribution in [0.4, 0.5) is 0 Å². The molecule has 0 atom stereocenters. The van der Waals surface area contributed by atoms with Gasteiger partial charge >= 0.3 is 11.8 Å². The molecule has 1 aromatic carbocycles. The molecular formula is C14H17N3O2. The number of nitrogens with one attached hydrogen (secondary N) is 3. The minimum absolute atomic E-state index is 0.442. The largest absolute Gasteiger partial charge is 0.361 e. The Hall–Kier alpha value is -2.30. The highest BCUT2D eigenvalue weighted by molar-refractivity contribution is 6.35. The van der Waals surface area contributed by atoms with E-state index in [1.54, 1.807) is 6.92 Å². The Labute approximate surface area is 111 Å². The second-order valence-corrected chi connectivity index (χ2v) is 4.22. The van der Waals surface area contributed by atoms with E-state index in [1.165, 1.54) is 0 Å². The number of amides is 2. The lowest BCUT2D eigenvalue weighted by molar-refractivity contribution is -0.139. The van der Waals surface area contributed by atoms with Crippen molar-refractivity contribution < 1.29 is 9.59 Å². The number of H-pyrrole nitrogens is 1. The average molecular weight is 259 g/mol. The van der Waals surface area contributed by atoms with Crippen molar-refractivity contribution in [2.24, 2.45) is 0 Å². The molecule has 0 aliphatic carbocycles. The van der Waals surface area contributed by atoms with Crippen LogP contribution in [0.3, 0.4) is 0 Å². The predicted octanol–water partition coefficient (Wildman–Crippen LogP) is 0.963. The van der Waals surface area contributed by atoms with Gasteiger partial charge in [0.15, 0.2) is 0 Å². The zero-order chi connectivity index (χ0) is 13.7. The molecule has 0 fully saturated rings. The zero-order valence-electron chi connectivity index (χ0n) is 10.8. The van der Waals surface area contributed by atoms with E-state index in [-0.39, 0.29) is 0 Å². The summed E-state index contributed by atoms with van der Waals surface area (Å²) < 4.78 is 0. The molecule has 0 saturated carbocycles. The Balaban J connectivity index is 1.89. The van der Waals surface area contributed by atoms with E-state index in [1.807, 2.05) is 30.5 Å². The van der Waals surface area contributed by atoms with Gasteiger partial charge in [0.25, 0.3) is 0 Å². The van der Waals surface area contributed by atoms with Gasteiger partial charge in [-0.15, -0.1) is 0 Å². The number of rotatable bonds is 4. The SMILES string of the molecule is CCNC(=O)C(=O)NCCc1c[nH]c2ccccc12. The van der Waals surface area contributed by atoms with Gasteiger partial charge in [0, 0.05) is 30.2 Å². The molecule has 0 spiro atoms. The van der Waals surface area contributed by atoms with Crippen molar-refractivity contribution in [1.29, 1.82) is 0 Å². The minimum Gasteiger partial charge on any atom is -0.361 e. The number of fused-ring (bicyclic) bond motifs is 1. The van der Waals surface area contributed by atoms with Crippen molar-refractivity contribution in [3.05, 3.63) is 36.0 Å². The second kappa shape index (κ2) is 6.04. The van der Waals surface area contributed by atoms with Crippen LogP contribution < -0.4 is 10.6 Å². The number of carbonyl (C=O) groups is 2. The molecule has 2 amide bonds. The van der Waals surface area contributed by atoms with Crippen LogP contribution in [0.1, 0.15) is 12.5 Å². The van der Waals surface area contributed by atoms with Crippen LogP contribution in [-0.4, -0.2) is 29.9 Å². The quantitative estimate of drug-likeness (QED) is 0.716. The lowest BCUT2D eigenvalue weighted by Crippen LogP contribution is -2.40. The minimum atomic E-state index is -0.582. The lowest BCUT2D eigenvalue weighted by atomic mass is 10.1. The number of benzene rings is 1. The third kappa shape index (κ3) is 3.13. The maximum absolute atomic E-state index is 11.4. The molecule has 3 N–H and O–H groups in total. The van der Waals surface area contributed by atoms with Gasteiger partial charge in [-0.25, -0.2) is 0 Å². The van der Waals surface area contributed by atoms with Crippen LogP contribution in [0.2, 0.25) is 0 Å². The molecule has 0 aliphatic rings. The summed E-state index contributed by atoms with van der Waals surface area (Å²) in [6.07, 6.45) is 2.62. The molecule has 0 unspecified atom stereocenters. The third-order valence-electron chi connectivity index (χ3n) is 2.90. The summed E-state index contributed by atoms with van der Waals surface area (Å²) in [5.41, 5.74) is 2.21. The van der Waals surface area contributed by atoms with Gasteiger partial charge in [-0.3, -0.25) is 9.59 Å². The van der Waals surface area contributed by atoms with Gasteiger partial charge in [0.05, 0.1) is 0 Å². The molecule has 1 heterocycles. The molecule has 19 heavy (non-hydrogen) atoms. The first-order valence-corrected chi connectivity index (χ1v) is 6.33. The summed E-state index contributed by atoms with van der Waals surface area (Å²) in [5.74, 6) is -1.16. The van der Waals surface area contributed by atoms with E-state index in [0.717, 1.165) is 16.5 Å². The number of para-hydroxylation sites is 1. The molecule has 2 rings (SSSR count). The lowest BCUT2D eigenvalue weighted by Gasteiger charge is -2.04. The number of aromatic nitrogens is 1. The molecule has 100 valence electrons. The van der Waals surface area contributed by atoms with Crippen LogP contribution in [0.15, 0.2) is 30.5 Å². The molecule has 0 aliphatic heterocycles. The maximum Gasteiger partial charge on any atom is 0.309 e. The number of likely N-dealkylation sites (N-methyl/N-ethyl adjacent to an activating group) is 1. The predicted molar refractivity (Wildman–Crippen MR) is 73.7 cm³/mol. The first-order valence-electron chi connectivity index (χ1n) is 6.33. The van der Waals surface area contributed by atoms with Crippen LogP contribution in [-0.2, 0) is 16.0 Å². The van der Waals surface area contributed by atoms with Gasteiger partial charge in [-0.2, -0.15) is 0 Å². The Bertz CT molecular complexity index is 589. The fourth-order valence-corrected chi connectivity index (χ4v) is 1.97. The van der Waals surface area contributed by atoms with Gasteiger partial charge < -0.3 is 15.6 Å². The summed E-state index contributed by atoms with van der Waals surface area (Å²) in [6, 6.07) is 7.99. The average Bonchev–Trinajstić information content (AvgIpc) is 2.82. The van der Waals surface area contributed by atoms with Crippen LogP contribution in [0.25, 0.3) is 10.9 Å². The van der Waals surface area contributed by atoms with Gasteiger partial charge in [0.1, 0.15) is 0 Å². The highest BCUT2D eigenvalue weighted by Crippen LogP contribution is 2.17. The topological polar surface area (TPSA) is 74.0 Å². The zero-order valence-corrected chi connectivity index (χ0v) is 10.8. The highest BCUT2D eigenvalue weighted by atomic mass is 16.2. The normalized spacial score (nSPS) is 10.4. The van der Waals surface area contributed by atoms with Crippen LogP contribution in [0, 0.1) is 0 Å². The van der Waals surface area contributed by atoms with Gasteiger partial charge in [-0.1, -0.05) is 18.2 Å².